The maximum atomic E-state index is 13.0. The van der Waals surface area contributed by atoms with E-state index in [-0.39, 0.29) is 0 Å². The van der Waals surface area contributed by atoms with Crippen LogP contribution in [0.4, 0.5) is 0 Å². The van der Waals surface area contributed by atoms with Gasteiger partial charge in [-0.25, -0.2) is 0 Å². The van der Waals surface area contributed by atoms with Crippen molar-refractivity contribution in [2.45, 2.75) is 281 Å². The average Bonchev–Trinajstić information content (AvgIpc) is 0.936. The fourth-order valence-electron chi connectivity index (χ4n) is 11.1. The minimum absolute atomic E-state index is 0.863. The first-order chi connectivity index (χ1) is 40.9. The lowest BCUT2D eigenvalue weighted by atomic mass is 9.94. The van der Waals surface area contributed by atoms with Crippen LogP contribution < -0.4 is 5.32 Å². The van der Waals surface area contributed by atoms with Crippen molar-refractivity contribution in [2.24, 2.45) is 0 Å². The third kappa shape index (κ3) is 15.8. The SMILES string of the molecule is CC(=O)N[C@H]1[C@H](O[C@@H]2[C@@H](O)[C@@H](O[C@@H]3O[C@@H](C)[C@H](O)[C@@H](O)[C@H]3O)[C@H](O[C@H]3[C@H](OC[C@H](O)[C@@H](O[C@@H]4O[C@@H](C)[C@H](O)[C@@H](O)[C@H]4O)[C@H](O)[C@H](O)CO)O[C@@H](C)[C@H](O)[C@H]3O)O[C@H]2C)O[C@H](CO)[C@@H](O)[C@@H]1O[C@H]1O[C@H](CO)[C@H](O)[C@H](O[C@@H]2O[C@@H](C)[C@H](O)[C@@H](O)[C@H]2O)[C@H]1O. The van der Waals surface area contributed by atoms with Crippen molar-refractivity contribution in [1.82, 2.24) is 5.32 Å². The topological polar surface area (TPSA) is 583 Å². The standard InChI is InChI=1S/C50H87NO36/c1-11-22(58)29(65)33(69)45(75-11)83-39(26(62)17(56)7-52)18(57)10-74-49-42(32(68)25(61)14(4)78-49)87-50-43(86-47-35(71)31(67)24(60)13(3)77-47)36(72)38(15(5)79-50)82-44-21(51-16(6)55)40(27(63)19(8-53)80-44)84-48-37(73)41(28(64)20(9-54)81-48)85-46-34(70)30(66)23(59)12(2)76-46/h11-15,17-50,52-54,56-73H,7-10H2,1-6H3,(H,51,55)/t11-,12-,13-,14-,15-,17+,18-,19+,20+,21+,22-,23-,24-,25-,26+,27+,28-,29+,30+,31+,32+,33+,34+,35+,36+,37+,38-,39+,40+,41-,42+,43+,44-,45-,46-,47-,48+,49+,50-/m0/s1. The second-order valence-electron chi connectivity index (χ2n) is 22.8. The van der Waals surface area contributed by atoms with Crippen LogP contribution in [0.5, 0.6) is 0 Å². The summed E-state index contributed by atoms with van der Waals surface area (Å²) in [5.74, 6) is -0.863. The zero-order chi connectivity index (χ0) is 64.5. The number of nitrogens with one attached hydrogen (secondary N) is 1. The first kappa shape index (κ1) is 72.5. The van der Waals surface area contributed by atoms with Gasteiger partial charge in [-0.3, -0.25) is 4.79 Å². The molecule has 1 amide bonds. The maximum Gasteiger partial charge on any atom is 0.217 e. The third-order valence-electron chi connectivity index (χ3n) is 16.5. The number of carbonyl (C=O) groups excluding carboxylic acids is 1. The van der Waals surface area contributed by atoms with E-state index in [1.807, 2.05) is 0 Å². The van der Waals surface area contributed by atoms with Crippen molar-refractivity contribution >= 4 is 5.91 Å². The molecule has 7 aliphatic heterocycles. The van der Waals surface area contributed by atoms with Crippen LogP contribution in [0.25, 0.3) is 0 Å². The molecule has 7 aliphatic rings. The van der Waals surface area contributed by atoms with Crippen LogP contribution in [0.3, 0.4) is 0 Å². The van der Waals surface area contributed by atoms with Gasteiger partial charge in [0.1, 0.15) is 165 Å². The van der Waals surface area contributed by atoms with Gasteiger partial charge in [0.2, 0.25) is 5.91 Å². The van der Waals surface area contributed by atoms with E-state index in [0.717, 1.165) is 6.92 Å². The smallest absolute Gasteiger partial charge is 0.217 e. The Morgan fingerprint density at radius 3 is 1.29 bits per heavy atom. The molecule has 0 unspecified atom stereocenters. The molecule has 37 nitrogen and oxygen atoms in total. The van der Waals surface area contributed by atoms with E-state index in [1.165, 1.54) is 34.6 Å². The van der Waals surface area contributed by atoms with Gasteiger partial charge in [0.05, 0.1) is 56.9 Å². The molecule has 0 bridgehead atoms. The number of hydrogen-bond acceptors (Lipinski definition) is 36. The van der Waals surface area contributed by atoms with Gasteiger partial charge >= 0.3 is 0 Å². The zero-order valence-corrected chi connectivity index (χ0v) is 47.9. The Balaban J connectivity index is 1.16. The molecule has 0 spiro atoms. The van der Waals surface area contributed by atoms with Gasteiger partial charge in [0, 0.05) is 6.92 Å². The molecular weight excluding hydrogens is 1190 g/mol. The van der Waals surface area contributed by atoms with Crippen molar-refractivity contribution in [3.8, 4) is 0 Å². The molecule has 0 saturated carbocycles. The lowest BCUT2D eigenvalue weighted by molar-refractivity contribution is -0.402. The lowest BCUT2D eigenvalue weighted by Gasteiger charge is -2.51. The van der Waals surface area contributed by atoms with Crippen molar-refractivity contribution in [2.75, 3.05) is 26.4 Å². The van der Waals surface area contributed by atoms with Crippen LogP contribution in [0, 0.1) is 0 Å². The monoisotopic (exact) mass is 1280 g/mol. The summed E-state index contributed by atoms with van der Waals surface area (Å²) in [4.78, 5) is 13.0. The summed E-state index contributed by atoms with van der Waals surface area (Å²) in [7, 11) is 0. The fraction of sp³-hybridized carbons (Fsp3) is 0.980. The molecule has 7 rings (SSSR count). The summed E-state index contributed by atoms with van der Waals surface area (Å²) < 4.78 is 82.1. The summed E-state index contributed by atoms with van der Waals surface area (Å²) in [6.07, 6.45) is -70.3. The molecule has 0 aromatic rings. The van der Waals surface area contributed by atoms with E-state index >= 15 is 0 Å². The van der Waals surface area contributed by atoms with Crippen molar-refractivity contribution < 1.29 is 178 Å². The summed E-state index contributed by atoms with van der Waals surface area (Å²) in [5.41, 5.74) is 0. The summed E-state index contributed by atoms with van der Waals surface area (Å²) in [6.45, 7) is 3.35. The zero-order valence-electron chi connectivity index (χ0n) is 47.9. The van der Waals surface area contributed by atoms with Crippen LogP contribution in [-0.2, 0) is 71.1 Å². The predicted molar refractivity (Wildman–Crippen MR) is 271 cm³/mol. The molecule has 39 atom stereocenters. The highest BCUT2D eigenvalue weighted by Gasteiger charge is 2.59. The highest BCUT2D eigenvalue weighted by Crippen LogP contribution is 2.38. The van der Waals surface area contributed by atoms with Crippen LogP contribution in [0.2, 0.25) is 0 Å². The van der Waals surface area contributed by atoms with Gasteiger partial charge in [0.15, 0.2) is 44.0 Å². The first-order valence-corrected chi connectivity index (χ1v) is 28.3. The number of ether oxygens (including phenoxy) is 14. The van der Waals surface area contributed by atoms with E-state index < -0.39 is 272 Å². The number of hydrogen-bond donors (Lipinski definition) is 22. The van der Waals surface area contributed by atoms with E-state index in [0.29, 0.717) is 0 Å². The minimum atomic E-state index is -2.19. The van der Waals surface area contributed by atoms with Crippen LogP contribution >= 0.6 is 0 Å². The van der Waals surface area contributed by atoms with Gasteiger partial charge in [-0.15, -0.1) is 0 Å². The van der Waals surface area contributed by atoms with Gasteiger partial charge in [-0.2, -0.15) is 0 Å². The third-order valence-corrected chi connectivity index (χ3v) is 16.5. The largest absolute Gasteiger partial charge is 0.394 e. The molecule has 7 saturated heterocycles. The first-order valence-electron chi connectivity index (χ1n) is 28.3. The van der Waals surface area contributed by atoms with E-state index in [9.17, 15) is 112 Å². The number of amides is 1. The number of carbonyl (C=O) groups is 1. The van der Waals surface area contributed by atoms with Gasteiger partial charge < -0.3 is 179 Å². The Morgan fingerprint density at radius 1 is 0.391 bits per heavy atom. The molecule has 37 heteroatoms. The molecule has 0 aliphatic carbocycles. The average molecular weight is 1280 g/mol. The van der Waals surface area contributed by atoms with Crippen molar-refractivity contribution in [1.29, 1.82) is 0 Å². The second-order valence-corrected chi connectivity index (χ2v) is 22.8. The predicted octanol–water partition coefficient (Wildman–Crippen LogP) is -13.5. The van der Waals surface area contributed by atoms with E-state index in [2.05, 4.69) is 5.32 Å². The van der Waals surface area contributed by atoms with Crippen molar-refractivity contribution in [3.63, 3.8) is 0 Å². The summed E-state index contributed by atoms with van der Waals surface area (Å²) in [5, 5.41) is 231. The number of rotatable bonds is 22. The van der Waals surface area contributed by atoms with Gasteiger partial charge in [-0.05, 0) is 34.6 Å². The molecule has 508 valence electrons. The highest BCUT2D eigenvalue weighted by molar-refractivity contribution is 5.73. The fourth-order valence-corrected chi connectivity index (χ4v) is 11.1. The number of aliphatic hydroxyl groups excluding tert-OH is 21. The maximum absolute atomic E-state index is 13.0. The molecule has 7 fully saturated rings. The van der Waals surface area contributed by atoms with Crippen LogP contribution in [0.15, 0.2) is 0 Å². The molecule has 0 radical (unpaired) electrons. The van der Waals surface area contributed by atoms with E-state index in [1.54, 1.807) is 0 Å². The molecule has 22 N–H and O–H groups in total. The Bertz CT molecular complexity index is 2120. The molecular formula is C50H87NO36. The normalized spacial score (nSPS) is 50.6. The van der Waals surface area contributed by atoms with Gasteiger partial charge in [0.25, 0.3) is 0 Å². The molecule has 0 aromatic heterocycles. The van der Waals surface area contributed by atoms with E-state index in [4.69, 9.17) is 66.3 Å². The quantitative estimate of drug-likeness (QED) is 0.0479. The Morgan fingerprint density at radius 2 is 0.782 bits per heavy atom. The Hall–Kier alpha value is -1.93. The Kier molecular flexibility index (Phi) is 25.7. The second kappa shape index (κ2) is 30.9. The van der Waals surface area contributed by atoms with Crippen LogP contribution in [-0.4, -0.2) is 379 Å². The number of aliphatic hydroxyl groups is 21. The summed E-state index contributed by atoms with van der Waals surface area (Å²) >= 11 is 0. The summed E-state index contributed by atoms with van der Waals surface area (Å²) in [6, 6.07) is -1.78. The van der Waals surface area contributed by atoms with Crippen LogP contribution in [0.1, 0.15) is 41.5 Å². The minimum Gasteiger partial charge on any atom is -0.394 e. The lowest BCUT2D eigenvalue weighted by Crippen LogP contribution is -2.70. The highest BCUT2D eigenvalue weighted by atomic mass is 16.8. The van der Waals surface area contributed by atoms with Gasteiger partial charge in [-0.1, -0.05) is 0 Å². The Labute approximate surface area is 496 Å². The molecule has 87 heavy (non-hydrogen) atoms. The van der Waals surface area contributed by atoms with Crippen molar-refractivity contribution in [3.05, 3.63) is 0 Å². The molecule has 7 heterocycles. The molecule has 0 aromatic carbocycles.